The third-order valence-corrected chi connectivity index (χ3v) is 4.23. The highest BCUT2D eigenvalue weighted by Gasteiger charge is 2.13. The number of methoxy groups -OCH3 is 1. The van der Waals surface area contributed by atoms with Gasteiger partial charge in [-0.3, -0.25) is 4.99 Å². The predicted octanol–water partition coefficient (Wildman–Crippen LogP) is 2.69. The molecular weight excluding hydrogens is 246 g/mol. The van der Waals surface area contributed by atoms with Gasteiger partial charge in [0, 0.05) is 11.4 Å². The molecule has 3 N–H and O–H groups in total. The number of aliphatic imine (C=N–C) groups is 1. The Hall–Kier alpha value is -1.07. The number of hydrogen-bond acceptors (Lipinski definition) is 4. The SMILES string of the molecule is COc1csc(C(=NC2CCCCCC2)NN)c1. The first kappa shape index (κ1) is 13.4. The van der Waals surface area contributed by atoms with Crippen LogP contribution in [0, 0.1) is 0 Å². The molecule has 0 unspecified atom stereocenters. The Morgan fingerprint density at radius 3 is 2.67 bits per heavy atom. The van der Waals surface area contributed by atoms with Crippen molar-refractivity contribution >= 4 is 17.2 Å². The van der Waals surface area contributed by atoms with Gasteiger partial charge in [-0.25, -0.2) is 5.84 Å². The summed E-state index contributed by atoms with van der Waals surface area (Å²) < 4.78 is 5.19. The molecule has 0 aromatic carbocycles. The number of nitrogens with two attached hydrogens (primary N) is 1. The summed E-state index contributed by atoms with van der Waals surface area (Å²) >= 11 is 1.60. The lowest BCUT2D eigenvalue weighted by molar-refractivity contribution is 0.416. The quantitative estimate of drug-likeness (QED) is 0.291. The van der Waals surface area contributed by atoms with Crippen molar-refractivity contribution in [2.75, 3.05) is 7.11 Å². The van der Waals surface area contributed by atoms with E-state index in [0.717, 1.165) is 16.5 Å². The van der Waals surface area contributed by atoms with Crippen LogP contribution in [0.25, 0.3) is 0 Å². The summed E-state index contributed by atoms with van der Waals surface area (Å²) in [5.74, 6) is 7.24. The molecule has 1 aromatic rings. The van der Waals surface area contributed by atoms with Crippen LogP contribution in [-0.4, -0.2) is 19.0 Å². The maximum Gasteiger partial charge on any atom is 0.153 e. The standard InChI is InChI=1S/C13H21N3OS/c1-17-11-8-12(18-9-11)13(16-14)15-10-6-4-2-3-5-7-10/h8-10H,2-7,14H2,1H3,(H,15,16). The van der Waals surface area contributed by atoms with Gasteiger partial charge in [0.25, 0.3) is 0 Å². The Kier molecular flexibility index (Phi) is 5.01. The number of hydrogen-bond donors (Lipinski definition) is 2. The van der Waals surface area contributed by atoms with E-state index in [1.807, 2.05) is 11.4 Å². The first-order valence-corrected chi connectivity index (χ1v) is 7.38. The highest BCUT2D eigenvalue weighted by atomic mass is 32.1. The van der Waals surface area contributed by atoms with Crippen LogP contribution >= 0.6 is 11.3 Å². The largest absolute Gasteiger partial charge is 0.496 e. The number of ether oxygens (including phenoxy) is 1. The molecule has 0 spiro atoms. The summed E-state index contributed by atoms with van der Waals surface area (Å²) in [4.78, 5) is 5.81. The number of nitrogens with zero attached hydrogens (tertiary/aromatic N) is 1. The van der Waals surface area contributed by atoms with E-state index in [-0.39, 0.29) is 0 Å². The summed E-state index contributed by atoms with van der Waals surface area (Å²) in [6, 6.07) is 2.38. The van der Waals surface area contributed by atoms with Crippen LogP contribution < -0.4 is 16.0 Å². The molecule has 1 aromatic heterocycles. The summed E-state index contributed by atoms with van der Waals surface area (Å²) in [6.45, 7) is 0. The van der Waals surface area contributed by atoms with Gasteiger partial charge < -0.3 is 10.2 Å². The monoisotopic (exact) mass is 267 g/mol. The molecule has 0 bridgehead atoms. The lowest BCUT2D eigenvalue weighted by Crippen LogP contribution is -2.31. The van der Waals surface area contributed by atoms with Crippen molar-refractivity contribution in [3.63, 3.8) is 0 Å². The molecule has 1 heterocycles. The van der Waals surface area contributed by atoms with Crippen molar-refractivity contribution in [1.82, 2.24) is 5.43 Å². The maximum atomic E-state index is 5.60. The van der Waals surface area contributed by atoms with Crippen molar-refractivity contribution in [1.29, 1.82) is 0 Å². The van der Waals surface area contributed by atoms with E-state index in [0.29, 0.717) is 6.04 Å². The van der Waals surface area contributed by atoms with Crippen LogP contribution in [-0.2, 0) is 0 Å². The topological polar surface area (TPSA) is 59.6 Å². The molecule has 4 nitrogen and oxygen atoms in total. The highest BCUT2D eigenvalue weighted by Crippen LogP contribution is 2.24. The number of amidine groups is 1. The molecule has 0 saturated heterocycles. The Labute approximate surface area is 112 Å². The van der Waals surface area contributed by atoms with E-state index in [2.05, 4.69) is 5.43 Å². The van der Waals surface area contributed by atoms with E-state index in [9.17, 15) is 0 Å². The van der Waals surface area contributed by atoms with Crippen molar-refractivity contribution in [3.05, 3.63) is 16.3 Å². The van der Waals surface area contributed by atoms with Gasteiger partial charge in [-0.1, -0.05) is 25.7 Å². The second kappa shape index (κ2) is 6.75. The lowest BCUT2D eigenvalue weighted by atomic mass is 10.1. The Morgan fingerprint density at radius 1 is 1.39 bits per heavy atom. The molecular formula is C13H21N3OS. The molecule has 1 aliphatic carbocycles. The van der Waals surface area contributed by atoms with Gasteiger partial charge in [0.05, 0.1) is 18.0 Å². The second-order valence-corrected chi connectivity index (χ2v) is 5.53. The van der Waals surface area contributed by atoms with Crippen LogP contribution in [0.2, 0.25) is 0 Å². The average Bonchev–Trinajstić information content (AvgIpc) is 2.73. The normalized spacial score (nSPS) is 18.4. The zero-order chi connectivity index (χ0) is 12.8. The molecule has 2 rings (SSSR count). The van der Waals surface area contributed by atoms with Gasteiger partial charge in [0.15, 0.2) is 5.84 Å². The number of hydrazine groups is 1. The zero-order valence-electron chi connectivity index (χ0n) is 10.8. The minimum atomic E-state index is 0.409. The molecule has 18 heavy (non-hydrogen) atoms. The van der Waals surface area contributed by atoms with Gasteiger partial charge in [0.2, 0.25) is 0 Å². The first-order chi connectivity index (χ1) is 8.83. The Bertz CT molecular complexity index is 395. The van der Waals surface area contributed by atoms with Gasteiger partial charge >= 0.3 is 0 Å². The molecule has 100 valence electrons. The van der Waals surface area contributed by atoms with Gasteiger partial charge in [-0.05, 0) is 12.8 Å². The first-order valence-electron chi connectivity index (χ1n) is 6.51. The molecule has 1 aliphatic rings. The Balaban J connectivity index is 2.10. The average molecular weight is 267 g/mol. The second-order valence-electron chi connectivity index (χ2n) is 4.62. The van der Waals surface area contributed by atoms with Gasteiger partial charge in [-0.2, -0.15) is 0 Å². The fraction of sp³-hybridized carbons (Fsp3) is 0.615. The third-order valence-electron chi connectivity index (χ3n) is 3.32. The van der Waals surface area contributed by atoms with E-state index in [1.165, 1.54) is 38.5 Å². The van der Waals surface area contributed by atoms with E-state index >= 15 is 0 Å². The predicted molar refractivity (Wildman–Crippen MR) is 76.2 cm³/mol. The fourth-order valence-corrected chi connectivity index (χ4v) is 3.11. The number of rotatable bonds is 3. The zero-order valence-corrected chi connectivity index (χ0v) is 11.6. The third kappa shape index (κ3) is 3.46. The summed E-state index contributed by atoms with van der Waals surface area (Å²) in [7, 11) is 1.67. The molecule has 0 radical (unpaired) electrons. The van der Waals surface area contributed by atoms with Crippen molar-refractivity contribution in [3.8, 4) is 5.75 Å². The fourth-order valence-electron chi connectivity index (χ4n) is 2.29. The van der Waals surface area contributed by atoms with E-state index in [4.69, 9.17) is 15.6 Å². The molecule has 0 atom stereocenters. The van der Waals surface area contributed by atoms with Gasteiger partial charge in [0.1, 0.15) is 5.75 Å². The summed E-state index contributed by atoms with van der Waals surface area (Å²) in [5, 5.41) is 1.97. The number of nitrogens with one attached hydrogen (secondary N) is 1. The number of thiophene rings is 1. The van der Waals surface area contributed by atoms with Crippen molar-refractivity contribution in [2.24, 2.45) is 10.8 Å². The summed E-state index contributed by atoms with van der Waals surface area (Å²) in [6.07, 6.45) is 7.58. The van der Waals surface area contributed by atoms with E-state index in [1.54, 1.807) is 18.4 Å². The minimum absolute atomic E-state index is 0.409. The van der Waals surface area contributed by atoms with Crippen LogP contribution in [0.4, 0.5) is 0 Å². The molecule has 5 heteroatoms. The van der Waals surface area contributed by atoms with Gasteiger partial charge in [-0.15, -0.1) is 11.3 Å². The minimum Gasteiger partial charge on any atom is -0.496 e. The van der Waals surface area contributed by atoms with Crippen LogP contribution in [0.5, 0.6) is 5.75 Å². The molecule has 1 saturated carbocycles. The highest BCUT2D eigenvalue weighted by molar-refractivity contribution is 7.12. The van der Waals surface area contributed by atoms with E-state index < -0.39 is 0 Å². The van der Waals surface area contributed by atoms with Crippen molar-refractivity contribution < 1.29 is 4.74 Å². The molecule has 1 fully saturated rings. The van der Waals surface area contributed by atoms with Crippen LogP contribution in [0.15, 0.2) is 16.4 Å². The smallest absolute Gasteiger partial charge is 0.153 e. The van der Waals surface area contributed by atoms with Crippen molar-refractivity contribution in [2.45, 2.75) is 44.6 Å². The van der Waals surface area contributed by atoms with Crippen LogP contribution in [0.1, 0.15) is 43.4 Å². The Morgan fingerprint density at radius 2 is 2.11 bits per heavy atom. The molecule has 0 amide bonds. The summed E-state index contributed by atoms with van der Waals surface area (Å²) in [5.41, 5.74) is 2.73. The lowest BCUT2D eigenvalue weighted by Gasteiger charge is -2.11. The maximum absolute atomic E-state index is 5.60. The van der Waals surface area contributed by atoms with Crippen LogP contribution in [0.3, 0.4) is 0 Å². The molecule has 0 aliphatic heterocycles.